The fraction of sp³-hybridized carbons (Fsp3) is 0.600. The Labute approximate surface area is 198 Å². The van der Waals surface area contributed by atoms with Gasteiger partial charge in [-0.2, -0.15) is 0 Å². The normalized spacial score (nSPS) is 53.6. The maximum Gasteiger partial charge on any atom is 0.335 e. The first-order valence-electron chi connectivity index (χ1n) is 10.6. The van der Waals surface area contributed by atoms with Gasteiger partial charge in [0, 0.05) is 0 Å². The van der Waals surface area contributed by atoms with Gasteiger partial charge < -0.3 is 54.7 Å². The summed E-state index contributed by atoms with van der Waals surface area (Å²) in [5.41, 5.74) is -1.56. The van der Waals surface area contributed by atoms with Crippen LogP contribution in [0.1, 0.15) is 0 Å². The highest BCUT2D eigenvalue weighted by atomic mass is 16.9. The molecule has 4 saturated heterocycles. The van der Waals surface area contributed by atoms with Crippen LogP contribution in [-0.4, -0.2) is 120 Å². The third-order valence-electron chi connectivity index (χ3n) is 7.42. The maximum atomic E-state index is 13.2. The van der Waals surface area contributed by atoms with Gasteiger partial charge >= 0.3 is 11.9 Å². The molecule has 11 atom stereocenters. The van der Waals surface area contributed by atoms with Gasteiger partial charge in [0.1, 0.15) is 24.9 Å². The summed E-state index contributed by atoms with van der Waals surface area (Å²) >= 11 is 0. The van der Waals surface area contributed by atoms with E-state index in [1.165, 1.54) is 0 Å². The Morgan fingerprint density at radius 1 is 0.750 bits per heavy atom. The quantitative estimate of drug-likeness (QED) is 0.148. The monoisotopic (exact) mass is 514 g/mol. The summed E-state index contributed by atoms with van der Waals surface area (Å²) in [5.74, 6) is -23.8. The molecule has 2 bridgehead atoms. The molecule has 2 aliphatic carbocycles. The molecule has 0 saturated carbocycles. The summed E-state index contributed by atoms with van der Waals surface area (Å²) in [6.07, 6.45) is -8.41. The van der Waals surface area contributed by atoms with E-state index in [0.29, 0.717) is 12.2 Å². The van der Waals surface area contributed by atoms with Gasteiger partial charge in [-0.25, -0.2) is 9.59 Å². The number of cyclic esters (lactones) is 1. The minimum atomic E-state index is -3.53. The molecule has 4 heterocycles. The van der Waals surface area contributed by atoms with Crippen LogP contribution in [0.2, 0.25) is 0 Å². The van der Waals surface area contributed by atoms with Crippen molar-refractivity contribution in [1.82, 2.24) is 0 Å². The van der Waals surface area contributed by atoms with Crippen LogP contribution in [0.15, 0.2) is 23.3 Å². The number of ketones is 2. The zero-order valence-corrected chi connectivity index (χ0v) is 17.7. The topological polar surface area (TPSA) is 256 Å². The molecule has 0 radical (unpaired) electrons. The number of ether oxygens (including phenoxy) is 5. The largest absolute Gasteiger partial charge is 0.459 e. The summed E-state index contributed by atoms with van der Waals surface area (Å²) in [6.45, 7) is -0.827. The van der Waals surface area contributed by atoms with Crippen molar-refractivity contribution in [3.63, 3.8) is 0 Å². The van der Waals surface area contributed by atoms with Gasteiger partial charge in [-0.15, -0.1) is 0 Å². The van der Waals surface area contributed by atoms with E-state index < -0.39 is 107 Å². The molecule has 0 aromatic carbocycles. The highest BCUT2D eigenvalue weighted by molar-refractivity contribution is 6.10. The Bertz CT molecular complexity index is 1190. The number of hydrogen-bond acceptors (Lipinski definition) is 16. The zero-order valence-electron chi connectivity index (χ0n) is 17.7. The average Bonchev–Trinajstić information content (AvgIpc) is 3.05. The van der Waals surface area contributed by atoms with Gasteiger partial charge in [-0.1, -0.05) is 0 Å². The van der Waals surface area contributed by atoms with Crippen molar-refractivity contribution in [2.24, 2.45) is 11.8 Å². The number of aliphatic hydroxyl groups excluding tert-OH is 3. The standard InChI is InChI=1S/C20H18O16/c21-7-1-4-9-10-5(2-8(22)18(29)20(10,31)36-19(9,30)17(7,28)35-18)15(26)34-13-6(3-32-14(4)25)33-16(27)12(24)11(13)23/h1-2,6,9-13,16,23-24,27-31H,3H2/t6-,9-,10-,11-,12-,13-,16+,17-,18+,19+,20-/m1/s1. The Hall–Kier alpha value is -2.64. The van der Waals surface area contributed by atoms with Crippen molar-refractivity contribution >= 4 is 23.5 Å². The van der Waals surface area contributed by atoms with E-state index in [2.05, 4.69) is 0 Å². The lowest BCUT2D eigenvalue weighted by Gasteiger charge is -2.52. The Morgan fingerprint density at radius 3 is 1.83 bits per heavy atom. The minimum Gasteiger partial charge on any atom is -0.459 e. The first-order valence-corrected chi connectivity index (χ1v) is 10.6. The van der Waals surface area contributed by atoms with Crippen molar-refractivity contribution in [2.45, 2.75) is 53.9 Å². The lowest BCUT2D eigenvalue weighted by Crippen LogP contribution is -2.78. The molecule has 16 nitrogen and oxygen atoms in total. The van der Waals surface area contributed by atoms with Crippen molar-refractivity contribution < 1.29 is 78.6 Å². The van der Waals surface area contributed by atoms with E-state index in [1.807, 2.05) is 0 Å². The molecule has 0 spiro atoms. The van der Waals surface area contributed by atoms with Gasteiger partial charge in [0.05, 0.1) is 23.0 Å². The van der Waals surface area contributed by atoms with E-state index in [4.69, 9.17) is 23.7 Å². The van der Waals surface area contributed by atoms with Crippen molar-refractivity contribution in [3.05, 3.63) is 23.3 Å². The third-order valence-corrected chi connectivity index (χ3v) is 7.42. The second-order valence-corrected chi connectivity index (χ2v) is 9.28. The number of aliphatic hydroxyl groups is 7. The van der Waals surface area contributed by atoms with Gasteiger partial charge in [0.2, 0.25) is 23.1 Å². The zero-order chi connectivity index (χ0) is 26.2. The van der Waals surface area contributed by atoms with Crippen molar-refractivity contribution in [2.75, 3.05) is 6.61 Å². The third kappa shape index (κ3) is 2.46. The summed E-state index contributed by atoms with van der Waals surface area (Å²) in [4.78, 5) is 52.0. The molecule has 7 N–H and O–H groups in total. The lowest BCUT2D eigenvalue weighted by atomic mass is 9.67. The van der Waals surface area contributed by atoms with Crippen LogP contribution < -0.4 is 0 Å². The molecular formula is C20H18O16. The van der Waals surface area contributed by atoms with Crippen LogP contribution in [0.5, 0.6) is 0 Å². The van der Waals surface area contributed by atoms with Crippen LogP contribution in [0, 0.1) is 11.8 Å². The van der Waals surface area contributed by atoms with Gasteiger partial charge in [-0.05, 0) is 12.2 Å². The van der Waals surface area contributed by atoms with E-state index in [9.17, 15) is 54.9 Å². The van der Waals surface area contributed by atoms with Crippen LogP contribution >= 0.6 is 0 Å². The van der Waals surface area contributed by atoms with Crippen LogP contribution in [0.3, 0.4) is 0 Å². The Morgan fingerprint density at radius 2 is 1.28 bits per heavy atom. The van der Waals surface area contributed by atoms with E-state index in [-0.39, 0.29) is 0 Å². The number of esters is 2. The number of carbonyl (C=O) groups is 4. The minimum absolute atomic E-state index is 0.433. The highest BCUT2D eigenvalue weighted by Crippen LogP contribution is 2.66. The summed E-state index contributed by atoms with van der Waals surface area (Å²) in [5, 5.41) is 74.6. The maximum absolute atomic E-state index is 13.2. The Kier molecular flexibility index (Phi) is 4.49. The second-order valence-electron chi connectivity index (χ2n) is 9.28. The van der Waals surface area contributed by atoms with E-state index >= 15 is 0 Å². The summed E-state index contributed by atoms with van der Waals surface area (Å²) < 4.78 is 25.4. The number of carbonyl (C=O) groups excluding carboxylic acids is 4. The highest BCUT2D eigenvalue weighted by Gasteiger charge is 2.88. The smallest absolute Gasteiger partial charge is 0.335 e. The molecule has 0 aromatic rings. The predicted molar refractivity (Wildman–Crippen MR) is 98.9 cm³/mol. The number of hydrogen-bond donors (Lipinski definition) is 7. The van der Waals surface area contributed by atoms with Crippen LogP contribution in [0.25, 0.3) is 0 Å². The van der Waals surface area contributed by atoms with Crippen LogP contribution in [-0.2, 0) is 42.9 Å². The van der Waals surface area contributed by atoms with Gasteiger partial charge in [-0.3, -0.25) is 14.3 Å². The molecular weight excluding hydrogens is 496 g/mol. The fourth-order valence-corrected chi connectivity index (χ4v) is 5.63. The first kappa shape index (κ1) is 23.7. The van der Waals surface area contributed by atoms with Crippen molar-refractivity contribution in [1.29, 1.82) is 0 Å². The second kappa shape index (κ2) is 6.81. The molecule has 16 heteroatoms. The molecule has 0 unspecified atom stereocenters. The van der Waals surface area contributed by atoms with Crippen molar-refractivity contribution in [3.8, 4) is 0 Å². The molecule has 0 aromatic heterocycles. The molecule has 194 valence electrons. The predicted octanol–water partition coefficient (Wildman–Crippen LogP) is -6.04. The molecule has 0 amide bonds. The summed E-state index contributed by atoms with van der Waals surface area (Å²) in [6, 6.07) is 0. The first-order chi connectivity index (χ1) is 16.7. The molecule has 36 heavy (non-hydrogen) atoms. The van der Waals surface area contributed by atoms with Gasteiger partial charge in [0.15, 0.2) is 12.4 Å². The number of rotatable bonds is 0. The molecule has 6 rings (SSSR count). The van der Waals surface area contributed by atoms with Gasteiger partial charge in [0.25, 0.3) is 11.6 Å². The molecule has 4 aliphatic heterocycles. The SMILES string of the molecule is O=C1OC[C@H]2O[C@H](O)[C@H](O)[C@@H](O)[C@@H]2OC(=O)C2=CC(=O)[C@]3(O)O[C@]4(O)C(=O)C=C1[C@@H]1[C@@H]2[C@@]3(O)O[C@@]14O. The molecule has 4 fully saturated rings. The fourth-order valence-electron chi connectivity index (χ4n) is 5.63. The molecule has 6 aliphatic rings. The summed E-state index contributed by atoms with van der Waals surface area (Å²) in [7, 11) is 0. The Balaban J connectivity index is 1.58. The van der Waals surface area contributed by atoms with E-state index in [0.717, 1.165) is 0 Å². The lowest BCUT2D eigenvalue weighted by molar-refractivity contribution is -0.516. The van der Waals surface area contributed by atoms with E-state index in [1.54, 1.807) is 0 Å². The van der Waals surface area contributed by atoms with Crippen LogP contribution in [0.4, 0.5) is 0 Å². The number of fused-ring (bicyclic) bond motifs is 1. The average molecular weight is 514 g/mol.